The molecule has 2 unspecified atom stereocenters. The Morgan fingerprint density at radius 3 is 2.97 bits per heavy atom. The molecule has 154 valence electrons. The third-order valence-electron chi connectivity index (χ3n) is 7.10. The van der Waals surface area contributed by atoms with E-state index in [-0.39, 0.29) is 11.3 Å². The number of fused-ring (bicyclic) bond motifs is 4. The summed E-state index contributed by atoms with van der Waals surface area (Å²) in [6.45, 7) is 5.20. The molecule has 1 aliphatic heterocycles. The number of aromatic nitrogens is 1. The molecule has 1 aliphatic carbocycles. The Kier molecular flexibility index (Phi) is 4.73. The van der Waals surface area contributed by atoms with Gasteiger partial charge in [-0.05, 0) is 76.5 Å². The lowest BCUT2D eigenvalue weighted by molar-refractivity contribution is -0.129. The van der Waals surface area contributed by atoms with Gasteiger partial charge in [0.1, 0.15) is 5.75 Å². The van der Waals surface area contributed by atoms with Crippen molar-refractivity contribution in [2.75, 3.05) is 20.2 Å². The number of piperidine rings is 1. The second-order valence-electron chi connectivity index (χ2n) is 8.45. The molecule has 5 rings (SSSR count). The summed E-state index contributed by atoms with van der Waals surface area (Å²) in [5, 5.41) is 1.28. The number of carbonyl (C=O) groups is 1. The first-order valence-corrected chi connectivity index (χ1v) is 11.2. The van der Waals surface area contributed by atoms with E-state index in [1.54, 1.807) is 7.11 Å². The number of halogens is 1. The summed E-state index contributed by atoms with van der Waals surface area (Å²) in [6.07, 6.45) is 4.26. The van der Waals surface area contributed by atoms with Crippen molar-refractivity contribution in [1.29, 1.82) is 0 Å². The van der Waals surface area contributed by atoms with Crippen molar-refractivity contribution >= 4 is 32.7 Å². The van der Waals surface area contributed by atoms with E-state index in [0.29, 0.717) is 5.92 Å². The molecule has 30 heavy (non-hydrogen) atoms. The van der Waals surface area contributed by atoms with Crippen LogP contribution in [0, 0.1) is 5.92 Å². The zero-order valence-electron chi connectivity index (χ0n) is 17.1. The summed E-state index contributed by atoms with van der Waals surface area (Å²) in [4.78, 5) is 18.1. The minimum absolute atomic E-state index is 0.0210. The van der Waals surface area contributed by atoms with Crippen LogP contribution in [0.2, 0.25) is 0 Å². The van der Waals surface area contributed by atoms with Crippen molar-refractivity contribution in [3.63, 3.8) is 0 Å². The number of rotatable bonds is 3. The maximum atomic E-state index is 12.4. The highest BCUT2D eigenvalue weighted by atomic mass is 79.9. The van der Waals surface area contributed by atoms with Gasteiger partial charge in [0.15, 0.2) is 0 Å². The fraction of sp³-hybridized carbons (Fsp3) is 0.320. The Bertz CT molecular complexity index is 1150. The summed E-state index contributed by atoms with van der Waals surface area (Å²) >= 11 is 3.70. The second kappa shape index (κ2) is 7.31. The number of hydrogen-bond acceptors (Lipinski definition) is 2. The third-order valence-corrected chi connectivity index (χ3v) is 7.76. The van der Waals surface area contributed by atoms with E-state index in [1.807, 2.05) is 11.0 Å². The molecule has 0 spiro atoms. The normalized spacial score (nSPS) is 23.0. The number of carbonyl (C=O) groups excluding carboxylic acids is 1. The molecule has 0 radical (unpaired) electrons. The third kappa shape index (κ3) is 2.90. The number of ether oxygens (including phenoxy) is 1. The Morgan fingerprint density at radius 1 is 1.33 bits per heavy atom. The van der Waals surface area contributed by atoms with Gasteiger partial charge in [0.05, 0.1) is 12.6 Å². The molecule has 1 aromatic heterocycles. The first kappa shape index (κ1) is 19.4. The average Bonchev–Trinajstić information content (AvgIpc) is 3.15. The Morgan fingerprint density at radius 2 is 2.17 bits per heavy atom. The number of H-pyrrole nitrogens is 1. The van der Waals surface area contributed by atoms with Gasteiger partial charge in [0.25, 0.3) is 0 Å². The Labute approximate surface area is 185 Å². The highest BCUT2D eigenvalue weighted by Crippen LogP contribution is 2.50. The quantitative estimate of drug-likeness (QED) is 0.553. The molecule has 1 fully saturated rings. The number of hydrogen-bond donors (Lipinski definition) is 1. The van der Waals surface area contributed by atoms with Gasteiger partial charge in [-0.25, -0.2) is 0 Å². The first-order chi connectivity index (χ1) is 14.6. The van der Waals surface area contributed by atoms with Crippen LogP contribution in [0.5, 0.6) is 5.75 Å². The molecular weight excluding hydrogens is 440 g/mol. The average molecular weight is 465 g/mol. The van der Waals surface area contributed by atoms with Crippen molar-refractivity contribution in [3.05, 3.63) is 76.4 Å². The number of benzene rings is 2. The molecular formula is C25H25BrN2O2. The van der Waals surface area contributed by atoms with Gasteiger partial charge < -0.3 is 14.6 Å². The SMILES string of the molecule is C=CC(=O)N1CCC2(c3cccc(OC)c3)Cc3[nH]c4c(Br)cccc4c3CC2C1. The van der Waals surface area contributed by atoms with E-state index in [0.717, 1.165) is 42.6 Å². The molecule has 2 aromatic carbocycles. The lowest BCUT2D eigenvalue weighted by Crippen LogP contribution is -2.54. The zero-order valence-corrected chi connectivity index (χ0v) is 18.7. The first-order valence-electron chi connectivity index (χ1n) is 10.4. The van der Waals surface area contributed by atoms with Crippen molar-refractivity contribution in [2.24, 2.45) is 5.92 Å². The topological polar surface area (TPSA) is 45.3 Å². The van der Waals surface area contributed by atoms with Gasteiger partial charge >= 0.3 is 0 Å². The van der Waals surface area contributed by atoms with Gasteiger partial charge in [-0.2, -0.15) is 0 Å². The highest BCUT2D eigenvalue weighted by Gasteiger charge is 2.48. The van der Waals surface area contributed by atoms with Gasteiger partial charge in [-0.15, -0.1) is 0 Å². The predicted molar refractivity (Wildman–Crippen MR) is 123 cm³/mol. The smallest absolute Gasteiger partial charge is 0.245 e. The van der Waals surface area contributed by atoms with Crippen LogP contribution < -0.4 is 4.74 Å². The van der Waals surface area contributed by atoms with Crippen molar-refractivity contribution in [3.8, 4) is 5.75 Å². The zero-order chi connectivity index (χ0) is 20.9. The lowest BCUT2D eigenvalue weighted by atomic mass is 9.58. The maximum Gasteiger partial charge on any atom is 0.245 e. The molecule has 1 saturated heterocycles. The Balaban J connectivity index is 1.65. The van der Waals surface area contributed by atoms with Crippen LogP contribution in [0.3, 0.4) is 0 Å². The summed E-state index contributed by atoms with van der Waals surface area (Å²) in [5.74, 6) is 1.25. The fourth-order valence-electron chi connectivity index (χ4n) is 5.54. The molecule has 2 atom stereocenters. The molecule has 3 aromatic rings. The van der Waals surface area contributed by atoms with Crippen LogP contribution in [0.1, 0.15) is 23.2 Å². The number of aromatic amines is 1. The monoisotopic (exact) mass is 464 g/mol. The van der Waals surface area contributed by atoms with Crippen molar-refractivity contribution < 1.29 is 9.53 Å². The van der Waals surface area contributed by atoms with Crippen LogP contribution in [0.15, 0.2) is 59.6 Å². The van der Waals surface area contributed by atoms with Crippen LogP contribution in [0.25, 0.3) is 10.9 Å². The molecule has 2 heterocycles. The van der Waals surface area contributed by atoms with E-state index in [1.165, 1.54) is 33.8 Å². The number of nitrogens with zero attached hydrogens (tertiary/aromatic N) is 1. The Hall–Kier alpha value is -2.53. The molecule has 1 N–H and O–H groups in total. The maximum absolute atomic E-state index is 12.4. The molecule has 0 bridgehead atoms. The van der Waals surface area contributed by atoms with Gasteiger partial charge in [-0.1, -0.05) is 30.8 Å². The van der Waals surface area contributed by atoms with Crippen LogP contribution in [-0.2, 0) is 23.1 Å². The molecule has 2 aliphatic rings. The summed E-state index contributed by atoms with van der Waals surface area (Å²) in [7, 11) is 1.72. The van der Waals surface area contributed by atoms with Crippen LogP contribution in [0.4, 0.5) is 0 Å². The van der Waals surface area contributed by atoms with E-state index >= 15 is 0 Å². The number of amides is 1. The number of methoxy groups -OCH3 is 1. The minimum Gasteiger partial charge on any atom is -0.497 e. The highest BCUT2D eigenvalue weighted by molar-refractivity contribution is 9.10. The fourth-order valence-corrected chi connectivity index (χ4v) is 6.01. The molecule has 4 nitrogen and oxygen atoms in total. The lowest BCUT2D eigenvalue weighted by Gasteiger charge is -2.51. The van der Waals surface area contributed by atoms with E-state index in [9.17, 15) is 4.79 Å². The molecule has 0 saturated carbocycles. The van der Waals surface area contributed by atoms with Crippen LogP contribution >= 0.6 is 15.9 Å². The van der Waals surface area contributed by atoms with E-state index in [2.05, 4.69) is 63.9 Å². The van der Waals surface area contributed by atoms with Crippen LogP contribution in [-0.4, -0.2) is 36.0 Å². The predicted octanol–water partition coefficient (Wildman–Crippen LogP) is 5.01. The standard InChI is InChI=1S/C25H25BrN2O2/c1-3-23(29)28-11-10-25(16-6-4-7-18(12-16)30-2)14-22-20(13-17(25)15-28)19-8-5-9-21(26)24(19)27-22/h3-9,12,17,27H,1,10-11,13-15H2,2H3. The number of para-hydroxylation sites is 1. The number of likely N-dealkylation sites (tertiary alicyclic amines) is 1. The van der Waals surface area contributed by atoms with Gasteiger partial charge in [0.2, 0.25) is 5.91 Å². The number of nitrogens with one attached hydrogen (secondary N) is 1. The second-order valence-corrected chi connectivity index (χ2v) is 9.30. The summed E-state index contributed by atoms with van der Waals surface area (Å²) < 4.78 is 6.63. The summed E-state index contributed by atoms with van der Waals surface area (Å²) in [5.41, 5.74) is 5.16. The van der Waals surface area contributed by atoms with Gasteiger partial charge in [0, 0.05) is 34.1 Å². The van der Waals surface area contributed by atoms with Gasteiger partial charge in [-0.3, -0.25) is 4.79 Å². The summed E-state index contributed by atoms with van der Waals surface area (Å²) in [6, 6.07) is 14.9. The van der Waals surface area contributed by atoms with E-state index < -0.39 is 0 Å². The minimum atomic E-state index is -0.0210. The van der Waals surface area contributed by atoms with E-state index in [4.69, 9.17) is 4.74 Å². The van der Waals surface area contributed by atoms with Crippen molar-refractivity contribution in [2.45, 2.75) is 24.7 Å². The molecule has 5 heteroatoms. The largest absolute Gasteiger partial charge is 0.497 e. The molecule has 1 amide bonds. The van der Waals surface area contributed by atoms with Crippen molar-refractivity contribution in [1.82, 2.24) is 9.88 Å².